The van der Waals surface area contributed by atoms with Crippen molar-refractivity contribution in [3.63, 3.8) is 0 Å². The Balaban J connectivity index is 2.47. The minimum absolute atomic E-state index is 0.708. The van der Waals surface area contributed by atoms with Gasteiger partial charge in [-0.1, -0.05) is 44.2 Å². The Morgan fingerprint density at radius 2 is 2.10 bits per heavy atom. The molecule has 0 bridgehead atoms. The Morgan fingerprint density at radius 1 is 1.30 bits per heavy atom. The van der Waals surface area contributed by atoms with Gasteiger partial charge in [-0.15, -0.1) is 0 Å². The van der Waals surface area contributed by atoms with Gasteiger partial charge in [0, 0.05) is 13.7 Å². The van der Waals surface area contributed by atoms with E-state index in [9.17, 15) is 0 Å². The van der Waals surface area contributed by atoms with Crippen molar-refractivity contribution in [2.75, 3.05) is 26.8 Å². The fourth-order valence-corrected chi connectivity index (χ4v) is 2.22. The molecule has 0 saturated heterocycles. The van der Waals surface area contributed by atoms with Gasteiger partial charge in [0.1, 0.15) is 0 Å². The van der Waals surface area contributed by atoms with Crippen LogP contribution in [0.15, 0.2) is 30.3 Å². The van der Waals surface area contributed by atoms with E-state index in [-0.39, 0.29) is 0 Å². The molecule has 0 amide bonds. The van der Waals surface area contributed by atoms with E-state index in [1.54, 1.807) is 7.11 Å². The monoisotopic (exact) mass is 275 g/mol. The quantitative estimate of drug-likeness (QED) is 0.690. The van der Waals surface area contributed by atoms with Gasteiger partial charge in [-0.2, -0.15) is 0 Å². The molecule has 0 aromatic heterocycles. The summed E-state index contributed by atoms with van der Waals surface area (Å²) in [4.78, 5) is 0. The van der Waals surface area contributed by atoms with Crippen molar-refractivity contribution in [3.8, 4) is 0 Å². The molecular formula is C18H29NO. The Bertz CT molecular complexity index is 410. The summed E-state index contributed by atoms with van der Waals surface area (Å²) in [5, 5.41) is 3.36. The van der Waals surface area contributed by atoms with Crippen LogP contribution in [0.2, 0.25) is 0 Å². The maximum absolute atomic E-state index is 5.01. The van der Waals surface area contributed by atoms with Crippen LogP contribution in [0, 0.1) is 5.92 Å². The normalized spacial score (nSPS) is 12.2. The van der Waals surface area contributed by atoms with E-state index in [0.717, 1.165) is 32.5 Å². The van der Waals surface area contributed by atoms with Gasteiger partial charge in [-0.3, -0.25) is 0 Å². The van der Waals surface area contributed by atoms with Crippen LogP contribution < -0.4 is 5.32 Å². The molecule has 1 aromatic carbocycles. The van der Waals surface area contributed by atoms with Gasteiger partial charge in [0.05, 0.1) is 6.61 Å². The minimum Gasteiger partial charge on any atom is -0.383 e. The molecular weight excluding hydrogens is 246 g/mol. The number of hydrogen-bond acceptors (Lipinski definition) is 2. The summed E-state index contributed by atoms with van der Waals surface area (Å²) in [6.07, 6.45) is 4.53. The van der Waals surface area contributed by atoms with E-state index in [2.05, 4.69) is 56.4 Å². The van der Waals surface area contributed by atoms with Crippen molar-refractivity contribution >= 4 is 5.57 Å². The second-order valence-electron chi connectivity index (χ2n) is 5.72. The van der Waals surface area contributed by atoms with E-state index in [0.29, 0.717) is 5.92 Å². The van der Waals surface area contributed by atoms with Gasteiger partial charge >= 0.3 is 0 Å². The van der Waals surface area contributed by atoms with E-state index < -0.39 is 0 Å². The fraction of sp³-hybridized carbons (Fsp3) is 0.556. The molecule has 1 rings (SSSR count). The molecule has 0 saturated carbocycles. The van der Waals surface area contributed by atoms with Crippen LogP contribution in [0.25, 0.3) is 5.57 Å². The summed E-state index contributed by atoms with van der Waals surface area (Å²) >= 11 is 0. The van der Waals surface area contributed by atoms with Crippen LogP contribution >= 0.6 is 0 Å². The second kappa shape index (κ2) is 9.73. The molecule has 0 unspecified atom stereocenters. The second-order valence-corrected chi connectivity index (χ2v) is 5.72. The zero-order valence-corrected chi connectivity index (χ0v) is 13.4. The third kappa shape index (κ3) is 6.88. The van der Waals surface area contributed by atoms with Gasteiger partial charge < -0.3 is 10.1 Å². The number of rotatable bonds is 9. The van der Waals surface area contributed by atoms with Crippen molar-refractivity contribution in [1.82, 2.24) is 5.32 Å². The zero-order chi connectivity index (χ0) is 14.8. The highest BCUT2D eigenvalue weighted by molar-refractivity contribution is 5.64. The molecule has 1 N–H and O–H groups in total. The first-order chi connectivity index (χ1) is 9.63. The number of ether oxygens (including phenoxy) is 1. The van der Waals surface area contributed by atoms with Crippen LogP contribution in [0.5, 0.6) is 0 Å². The molecule has 1 aromatic rings. The van der Waals surface area contributed by atoms with Crippen molar-refractivity contribution in [2.45, 2.75) is 33.6 Å². The fourth-order valence-electron chi connectivity index (χ4n) is 2.22. The van der Waals surface area contributed by atoms with E-state index in [1.165, 1.54) is 16.7 Å². The third-order valence-electron chi connectivity index (χ3n) is 3.28. The van der Waals surface area contributed by atoms with E-state index in [1.807, 2.05) is 0 Å². The summed E-state index contributed by atoms with van der Waals surface area (Å²) in [6, 6.07) is 8.92. The number of methoxy groups -OCH3 is 1. The van der Waals surface area contributed by atoms with Crippen molar-refractivity contribution in [2.24, 2.45) is 5.92 Å². The van der Waals surface area contributed by atoms with Crippen molar-refractivity contribution in [1.29, 1.82) is 0 Å². The summed E-state index contributed by atoms with van der Waals surface area (Å²) in [7, 11) is 1.73. The van der Waals surface area contributed by atoms with Crippen LogP contribution in [0.4, 0.5) is 0 Å². The zero-order valence-electron chi connectivity index (χ0n) is 13.4. The van der Waals surface area contributed by atoms with Crippen LogP contribution in [-0.4, -0.2) is 26.8 Å². The summed E-state index contributed by atoms with van der Waals surface area (Å²) in [5.74, 6) is 0.708. The SMILES string of the molecule is COCCNCC/C=C(/C)c1cccc(CC(C)C)c1. The summed E-state index contributed by atoms with van der Waals surface area (Å²) < 4.78 is 5.01. The Morgan fingerprint density at radius 3 is 2.80 bits per heavy atom. The average molecular weight is 275 g/mol. The van der Waals surface area contributed by atoms with Crippen LogP contribution in [0.1, 0.15) is 38.3 Å². The highest BCUT2D eigenvalue weighted by Gasteiger charge is 2.00. The van der Waals surface area contributed by atoms with Gasteiger partial charge in [-0.25, -0.2) is 0 Å². The molecule has 0 aliphatic rings. The minimum atomic E-state index is 0.708. The van der Waals surface area contributed by atoms with Crippen molar-refractivity contribution < 1.29 is 4.74 Å². The third-order valence-corrected chi connectivity index (χ3v) is 3.28. The Labute approximate surface area is 124 Å². The lowest BCUT2D eigenvalue weighted by Gasteiger charge is -2.08. The first-order valence-electron chi connectivity index (χ1n) is 7.59. The summed E-state index contributed by atoms with van der Waals surface area (Å²) in [5.41, 5.74) is 4.15. The molecule has 0 spiro atoms. The lowest BCUT2D eigenvalue weighted by atomic mass is 9.98. The largest absolute Gasteiger partial charge is 0.383 e. The number of nitrogens with one attached hydrogen (secondary N) is 1. The Hall–Kier alpha value is -1.12. The van der Waals surface area contributed by atoms with Crippen LogP contribution in [-0.2, 0) is 11.2 Å². The maximum atomic E-state index is 5.01. The molecule has 0 radical (unpaired) electrons. The molecule has 112 valence electrons. The molecule has 0 heterocycles. The highest BCUT2D eigenvalue weighted by Crippen LogP contribution is 2.17. The van der Waals surface area contributed by atoms with Crippen molar-refractivity contribution in [3.05, 3.63) is 41.5 Å². The lowest BCUT2D eigenvalue weighted by molar-refractivity contribution is 0.199. The van der Waals surface area contributed by atoms with E-state index in [4.69, 9.17) is 4.74 Å². The topological polar surface area (TPSA) is 21.3 Å². The van der Waals surface area contributed by atoms with Gasteiger partial charge in [0.2, 0.25) is 0 Å². The molecule has 0 fully saturated rings. The number of benzene rings is 1. The lowest BCUT2D eigenvalue weighted by Crippen LogP contribution is -2.19. The standard InChI is InChI=1S/C18H29NO/c1-15(2)13-17-8-5-9-18(14-17)16(3)7-6-10-19-11-12-20-4/h5,7-9,14-15,19H,6,10-13H2,1-4H3/b16-7-. The Kier molecular flexibility index (Phi) is 8.24. The molecule has 0 aliphatic heterocycles. The highest BCUT2D eigenvalue weighted by atomic mass is 16.5. The number of hydrogen-bond donors (Lipinski definition) is 1. The van der Waals surface area contributed by atoms with Gasteiger partial charge in [0.15, 0.2) is 0 Å². The van der Waals surface area contributed by atoms with Gasteiger partial charge in [0.25, 0.3) is 0 Å². The first-order valence-corrected chi connectivity index (χ1v) is 7.59. The van der Waals surface area contributed by atoms with E-state index >= 15 is 0 Å². The molecule has 0 atom stereocenters. The number of allylic oxidation sites excluding steroid dienone is 1. The maximum Gasteiger partial charge on any atom is 0.0587 e. The molecule has 0 aliphatic carbocycles. The smallest absolute Gasteiger partial charge is 0.0587 e. The molecule has 2 heteroatoms. The predicted octanol–water partition coefficient (Wildman–Crippen LogP) is 3.91. The molecule has 2 nitrogen and oxygen atoms in total. The van der Waals surface area contributed by atoms with Crippen LogP contribution in [0.3, 0.4) is 0 Å². The predicted molar refractivity (Wildman–Crippen MR) is 88.0 cm³/mol. The average Bonchev–Trinajstić information content (AvgIpc) is 2.42. The summed E-state index contributed by atoms with van der Waals surface area (Å²) in [6.45, 7) is 9.44. The van der Waals surface area contributed by atoms with Gasteiger partial charge in [-0.05, 0) is 48.9 Å². The first kappa shape index (κ1) is 16.9. The molecule has 20 heavy (non-hydrogen) atoms.